The standard InChI is InChI=1S/C11H8N2O4/c14-12(15)9-5-6-10(8-3-1-2-4-8)11(7-9)13(16)17/h1-8H. The molecule has 0 aromatic heterocycles. The Kier molecular flexibility index (Phi) is 2.70. The van der Waals surface area contributed by atoms with Gasteiger partial charge in [-0.3, -0.25) is 20.2 Å². The minimum atomic E-state index is -0.642. The van der Waals surface area contributed by atoms with Gasteiger partial charge in [0.05, 0.1) is 15.9 Å². The molecule has 0 saturated heterocycles. The molecule has 17 heavy (non-hydrogen) atoms. The van der Waals surface area contributed by atoms with E-state index in [1.54, 1.807) is 24.3 Å². The van der Waals surface area contributed by atoms with Crippen molar-refractivity contribution < 1.29 is 9.85 Å². The lowest BCUT2D eigenvalue weighted by Gasteiger charge is -2.06. The topological polar surface area (TPSA) is 86.3 Å². The summed E-state index contributed by atoms with van der Waals surface area (Å²) in [6, 6.07) is 3.71. The maximum absolute atomic E-state index is 10.9. The number of nitrogens with zero attached hydrogens (tertiary/aromatic N) is 2. The molecule has 0 fully saturated rings. The Morgan fingerprint density at radius 1 is 1.00 bits per heavy atom. The quantitative estimate of drug-likeness (QED) is 0.592. The second kappa shape index (κ2) is 4.17. The summed E-state index contributed by atoms with van der Waals surface area (Å²) in [4.78, 5) is 20.2. The van der Waals surface area contributed by atoms with E-state index in [0.29, 0.717) is 5.56 Å². The lowest BCUT2D eigenvalue weighted by Crippen LogP contribution is -1.99. The van der Waals surface area contributed by atoms with Crippen LogP contribution in [-0.4, -0.2) is 9.85 Å². The monoisotopic (exact) mass is 232 g/mol. The van der Waals surface area contributed by atoms with E-state index in [2.05, 4.69) is 0 Å². The maximum Gasteiger partial charge on any atom is 0.280 e. The number of nitro benzene ring substituents is 2. The van der Waals surface area contributed by atoms with Crippen molar-refractivity contribution in [2.45, 2.75) is 5.92 Å². The lowest BCUT2D eigenvalue weighted by molar-refractivity contribution is -0.394. The molecule has 0 radical (unpaired) electrons. The Morgan fingerprint density at radius 2 is 1.65 bits per heavy atom. The highest BCUT2D eigenvalue weighted by molar-refractivity contribution is 5.54. The predicted octanol–water partition coefficient (Wildman–Crippen LogP) is 2.71. The third-order valence-corrected chi connectivity index (χ3v) is 2.53. The summed E-state index contributed by atoms with van der Waals surface area (Å²) < 4.78 is 0. The average Bonchev–Trinajstić information content (AvgIpc) is 2.81. The molecule has 2 rings (SSSR count). The third-order valence-electron chi connectivity index (χ3n) is 2.53. The molecule has 0 unspecified atom stereocenters. The van der Waals surface area contributed by atoms with Gasteiger partial charge in [0.25, 0.3) is 11.4 Å². The van der Waals surface area contributed by atoms with Gasteiger partial charge in [0.2, 0.25) is 0 Å². The molecule has 6 heteroatoms. The van der Waals surface area contributed by atoms with E-state index in [1.165, 1.54) is 12.1 Å². The van der Waals surface area contributed by atoms with Crippen LogP contribution in [-0.2, 0) is 0 Å². The molecule has 0 spiro atoms. The number of nitro groups is 2. The van der Waals surface area contributed by atoms with Crippen molar-refractivity contribution >= 4 is 11.4 Å². The zero-order chi connectivity index (χ0) is 12.4. The van der Waals surface area contributed by atoms with Crippen LogP contribution in [0.15, 0.2) is 42.5 Å². The fourth-order valence-electron chi connectivity index (χ4n) is 1.72. The molecule has 86 valence electrons. The fraction of sp³-hybridized carbons (Fsp3) is 0.0909. The largest absolute Gasteiger partial charge is 0.280 e. The van der Waals surface area contributed by atoms with Crippen LogP contribution >= 0.6 is 0 Å². The Balaban J connectivity index is 2.52. The Labute approximate surface area is 96.2 Å². The summed E-state index contributed by atoms with van der Waals surface area (Å²) in [5.41, 5.74) is -0.0302. The van der Waals surface area contributed by atoms with Crippen molar-refractivity contribution in [2.24, 2.45) is 0 Å². The van der Waals surface area contributed by atoms with Crippen molar-refractivity contribution in [3.8, 4) is 0 Å². The van der Waals surface area contributed by atoms with Crippen LogP contribution in [0.25, 0.3) is 0 Å². The molecule has 0 bridgehead atoms. The predicted molar refractivity (Wildman–Crippen MR) is 60.8 cm³/mol. The number of allylic oxidation sites excluding steroid dienone is 4. The molecule has 1 aliphatic rings. The molecule has 1 aromatic rings. The number of rotatable bonds is 3. The molecule has 0 N–H and O–H groups in total. The van der Waals surface area contributed by atoms with Crippen LogP contribution in [0.1, 0.15) is 11.5 Å². The average molecular weight is 232 g/mol. The summed E-state index contributed by atoms with van der Waals surface area (Å²) in [5, 5.41) is 21.5. The van der Waals surface area contributed by atoms with Crippen LogP contribution in [0.2, 0.25) is 0 Å². The molecule has 0 atom stereocenters. The highest BCUT2D eigenvalue weighted by atomic mass is 16.6. The third kappa shape index (κ3) is 2.05. The van der Waals surface area contributed by atoms with Crippen molar-refractivity contribution in [3.05, 3.63) is 68.3 Å². The second-order valence-electron chi connectivity index (χ2n) is 3.55. The molecule has 0 aliphatic heterocycles. The zero-order valence-electron chi connectivity index (χ0n) is 8.65. The number of hydrogen-bond acceptors (Lipinski definition) is 4. The molecule has 1 aliphatic carbocycles. The molecular formula is C11H8N2O4. The smallest absolute Gasteiger partial charge is 0.258 e. The Morgan fingerprint density at radius 3 is 2.18 bits per heavy atom. The van der Waals surface area contributed by atoms with Gasteiger partial charge in [-0.15, -0.1) is 0 Å². The molecular weight excluding hydrogens is 224 g/mol. The van der Waals surface area contributed by atoms with E-state index in [0.717, 1.165) is 6.07 Å². The minimum absolute atomic E-state index is 0.184. The van der Waals surface area contributed by atoms with Crippen LogP contribution in [0.5, 0.6) is 0 Å². The zero-order valence-corrected chi connectivity index (χ0v) is 8.65. The van der Waals surface area contributed by atoms with Crippen LogP contribution in [0, 0.1) is 20.2 Å². The van der Waals surface area contributed by atoms with E-state index in [4.69, 9.17) is 0 Å². The highest BCUT2D eigenvalue weighted by Gasteiger charge is 2.23. The van der Waals surface area contributed by atoms with E-state index in [9.17, 15) is 20.2 Å². The van der Waals surface area contributed by atoms with Gasteiger partial charge in [-0.25, -0.2) is 0 Å². The van der Waals surface area contributed by atoms with Gasteiger partial charge in [-0.05, 0) is 6.07 Å². The van der Waals surface area contributed by atoms with E-state index < -0.39 is 9.85 Å². The minimum Gasteiger partial charge on any atom is -0.258 e. The Hall–Kier alpha value is -2.50. The SMILES string of the molecule is O=[N+]([O-])c1ccc(C2C=CC=C2)c([N+](=O)[O-])c1. The van der Waals surface area contributed by atoms with Crippen LogP contribution < -0.4 is 0 Å². The molecule has 0 amide bonds. The van der Waals surface area contributed by atoms with Gasteiger partial charge in [0.15, 0.2) is 0 Å². The number of benzene rings is 1. The van der Waals surface area contributed by atoms with Gasteiger partial charge in [-0.1, -0.05) is 24.3 Å². The van der Waals surface area contributed by atoms with E-state index >= 15 is 0 Å². The van der Waals surface area contributed by atoms with Gasteiger partial charge in [-0.2, -0.15) is 0 Å². The fourth-order valence-corrected chi connectivity index (χ4v) is 1.72. The second-order valence-corrected chi connectivity index (χ2v) is 3.55. The molecule has 0 saturated carbocycles. The molecule has 0 heterocycles. The Bertz CT molecular complexity index is 536. The van der Waals surface area contributed by atoms with E-state index in [1.807, 2.05) is 0 Å². The number of hydrogen-bond donors (Lipinski definition) is 0. The van der Waals surface area contributed by atoms with Crippen LogP contribution in [0.3, 0.4) is 0 Å². The first kappa shape index (κ1) is 11.0. The summed E-state index contributed by atoms with van der Waals surface area (Å²) in [6.45, 7) is 0. The summed E-state index contributed by atoms with van der Waals surface area (Å²) >= 11 is 0. The first-order valence-electron chi connectivity index (χ1n) is 4.87. The summed E-state index contributed by atoms with van der Waals surface area (Å²) in [6.07, 6.45) is 7.17. The van der Waals surface area contributed by atoms with Crippen molar-refractivity contribution in [2.75, 3.05) is 0 Å². The van der Waals surface area contributed by atoms with Gasteiger partial charge in [0, 0.05) is 17.5 Å². The lowest BCUT2D eigenvalue weighted by atomic mass is 9.98. The van der Waals surface area contributed by atoms with E-state index in [-0.39, 0.29) is 17.3 Å². The van der Waals surface area contributed by atoms with Crippen molar-refractivity contribution in [1.82, 2.24) is 0 Å². The summed E-state index contributed by atoms with van der Waals surface area (Å²) in [5.74, 6) is -0.184. The molecule has 6 nitrogen and oxygen atoms in total. The number of non-ortho nitro benzene ring substituents is 1. The first-order valence-corrected chi connectivity index (χ1v) is 4.87. The van der Waals surface area contributed by atoms with Crippen molar-refractivity contribution in [1.29, 1.82) is 0 Å². The molecule has 1 aromatic carbocycles. The van der Waals surface area contributed by atoms with Gasteiger partial charge < -0.3 is 0 Å². The highest BCUT2D eigenvalue weighted by Crippen LogP contribution is 2.33. The maximum atomic E-state index is 10.9. The summed E-state index contributed by atoms with van der Waals surface area (Å²) in [7, 11) is 0. The van der Waals surface area contributed by atoms with Gasteiger partial charge in [0.1, 0.15) is 0 Å². The normalized spacial score (nSPS) is 14.1. The van der Waals surface area contributed by atoms with Crippen LogP contribution in [0.4, 0.5) is 11.4 Å². The van der Waals surface area contributed by atoms with Gasteiger partial charge >= 0.3 is 0 Å². The first-order chi connectivity index (χ1) is 8.09. The van der Waals surface area contributed by atoms with Crippen molar-refractivity contribution in [3.63, 3.8) is 0 Å².